The van der Waals surface area contributed by atoms with Crippen LogP contribution in [0.15, 0.2) is 24.3 Å². The number of carbonyl (C=O) groups is 2. The van der Waals surface area contributed by atoms with E-state index in [1.165, 1.54) is 16.2 Å². The van der Waals surface area contributed by atoms with Gasteiger partial charge in [0.25, 0.3) is 5.91 Å². The lowest BCUT2D eigenvalue weighted by Gasteiger charge is -2.18. The Morgan fingerprint density at radius 1 is 1.35 bits per heavy atom. The highest BCUT2D eigenvalue weighted by molar-refractivity contribution is 7.17. The molecule has 1 aliphatic rings. The summed E-state index contributed by atoms with van der Waals surface area (Å²) in [6.45, 7) is 5.85. The largest absolute Gasteiger partial charge is 0.459 e. The van der Waals surface area contributed by atoms with E-state index in [-0.39, 0.29) is 18.0 Å². The lowest BCUT2D eigenvalue weighted by molar-refractivity contribution is 0.0378. The van der Waals surface area contributed by atoms with Crippen molar-refractivity contribution in [1.29, 1.82) is 0 Å². The molecule has 0 radical (unpaired) electrons. The van der Waals surface area contributed by atoms with Gasteiger partial charge in [0, 0.05) is 15.5 Å². The van der Waals surface area contributed by atoms with Gasteiger partial charge in [-0.3, -0.25) is 4.79 Å². The van der Waals surface area contributed by atoms with Crippen LogP contribution in [-0.2, 0) is 17.6 Å². The minimum absolute atomic E-state index is 0.211. The minimum atomic E-state index is -0.367. The van der Waals surface area contributed by atoms with Crippen LogP contribution in [-0.4, -0.2) is 18.0 Å². The van der Waals surface area contributed by atoms with Gasteiger partial charge in [-0.25, -0.2) is 4.79 Å². The van der Waals surface area contributed by atoms with Crippen molar-refractivity contribution in [1.82, 2.24) is 0 Å². The molecule has 2 aromatic rings. The Kier molecular flexibility index (Phi) is 5.68. The van der Waals surface area contributed by atoms with Crippen molar-refractivity contribution in [3.63, 3.8) is 0 Å². The van der Waals surface area contributed by atoms with E-state index in [0.717, 1.165) is 24.8 Å². The number of nitrogens with one attached hydrogen (secondary N) is 1. The molecule has 1 aliphatic carbocycles. The van der Waals surface area contributed by atoms with Gasteiger partial charge in [-0.1, -0.05) is 24.6 Å². The van der Waals surface area contributed by atoms with Crippen molar-refractivity contribution in [3.05, 3.63) is 50.9 Å². The molecular formula is C20H22ClNO3S. The van der Waals surface area contributed by atoms with Crippen LogP contribution >= 0.6 is 22.9 Å². The summed E-state index contributed by atoms with van der Waals surface area (Å²) in [6.07, 6.45) is 2.59. The number of ether oxygens (including phenoxy) is 1. The quantitative estimate of drug-likeness (QED) is 0.715. The number of rotatable bonds is 4. The second-order valence-corrected chi connectivity index (χ2v) is 8.52. The van der Waals surface area contributed by atoms with Crippen molar-refractivity contribution in [2.75, 3.05) is 5.32 Å². The Morgan fingerprint density at radius 3 is 2.81 bits per heavy atom. The highest BCUT2D eigenvalue weighted by Gasteiger charge is 2.29. The van der Waals surface area contributed by atoms with Gasteiger partial charge in [0.2, 0.25) is 0 Å². The second kappa shape index (κ2) is 7.80. The Balaban J connectivity index is 1.95. The number of anilines is 1. The van der Waals surface area contributed by atoms with Crippen molar-refractivity contribution in [3.8, 4) is 0 Å². The summed E-state index contributed by atoms with van der Waals surface area (Å²) in [5.74, 6) is -0.0715. The summed E-state index contributed by atoms with van der Waals surface area (Å²) in [5, 5.41) is 3.97. The topological polar surface area (TPSA) is 55.4 Å². The maximum atomic E-state index is 12.7. The van der Waals surface area contributed by atoms with E-state index in [9.17, 15) is 9.59 Å². The van der Waals surface area contributed by atoms with Crippen LogP contribution in [0.25, 0.3) is 0 Å². The van der Waals surface area contributed by atoms with Gasteiger partial charge < -0.3 is 10.1 Å². The van der Waals surface area contributed by atoms with E-state index < -0.39 is 0 Å². The molecule has 0 saturated heterocycles. The van der Waals surface area contributed by atoms with Gasteiger partial charge in [-0.05, 0) is 62.8 Å². The average Bonchev–Trinajstić information content (AvgIpc) is 2.91. The summed E-state index contributed by atoms with van der Waals surface area (Å²) >= 11 is 7.46. The van der Waals surface area contributed by atoms with E-state index in [2.05, 4.69) is 12.2 Å². The highest BCUT2D eigenvalue weighted by atomic mass is 35.5. The standard InChI is InChI=1S/C20H22ClNO3S/c1-11(2)25-20(24)17-15-8-7-12(3)9-16(15)26-19(17)22-18(23)13-5-4-6-14(21)10-13/h4-6,10-12H,7-9H2,1-3H3,(H,22,23). The van der Waals surface area contributed by atoms with Crippen LogP contribution in [0.5, 0.6) is 0 Å². The number of hydrogen-bond donors (Lipinski definition) is 1. The molecule has 1 atom stereocenters. The predicted molar refractivity (Wildman–Crippen MR) is 105 cm³/mol. The van der Waals surface area contributed by atoms with Gasteiger partial charge in [-0.15, -0.1) is 11.3 Å². The Bertz CT molecular complexity index is 844. The highest BCUT2D eigenvalue weighted by Crippen LogP contribution is 2.40. The minimum Gasteiger partial charge on any atom is -0.459 e. The SMILES string of the molecule is CC1CCc2c(sc(NC(=O)c3cccc(Cl)c3)c2C(=O)OC(C)C)C1. The molecule has 4 nitrogen and oxygen atoms in total. The van der Waals surface area contributed by atoms with Gasteiger partial charge in [-0.2, -0.15) is 0 Å². The number of benzene rings is 1. The molecule has 6 heteroatoms. The first-order valence-corrected chi connectivity index (χ1v) is 9.97. The number of hydrogen-bond acceptors (Lipinski definition) is 4. The molecule has 1 amide bonds. The zero-order valence-electron chi connectivity index (χ0n) is 15.1. The molecule has 3 rings (SSSR count). The smallest absolute Gasteiger partial charge is 0.341 e. The first-order valence-electron chi connectivity index (χ1n) is 8.77. The zero-order chi connectivity index (χ0) is 18.8. The maximum absolute atomic E-state index is 12.7. The average molecular weight is 392 g/mol. The molecule has 0 bridgehead atoms. The molecular weight excluding hydrogens is 370 g/mol. The van der Waals surface area contributed by atoms with Gasteiger partial charge in [0.1, 0.15) is 5.00 Å². The van der Waals surface area contributed by atoms with Crippen LogP contribution in [0.3, 0.4) is 0 Å². The molecule has 0 aliphatic heterocycles. The first-order chi connectivity index (χ1) is 12.3. The summed E-state index contributed by atoms with van der Waals surface area (Å²) in [4.78, 5) is 26.5. The number of thiophene rings is 1. The zero-order valence-corrected chi connectivity index (χ0v) is 16.7. The van der Waals surface area contributed by atoms with Gasteiger partial charge in [0.15, 0.2) is 0 Å². The molecule has 0 fully saturated rings. The van der Waals surface area contributed by atoms with Crippen LogP contribution in [0, 0.1) is 5.92 Å². The molecule has 26 heavy (non-hydrogen) atoms. The fourth-order valence-electron chi connectivity index (χ4n) is 3.13. The lowest BCUT2D eigenvalue weighted by Crippen LogP contribution is -2.18. The molecule has 1 aromatic heterocycles. The molecule has 138 valence electrons. The third kappa shape index (κ3) is 4.10. The Hall–Kier alpha value is -1.85. The van der Waals surface area contributed by atoms with Crippen molar-refractivity contribution in [2.45, 2.75) is 46.1 Å². The van der Waals surface area contributed by atoms with Crippen LogP contribution in [0.1, 0.15) is 58.3 Å². The molecule has 1 unspecified atom stereocenters. The summed E-state index contributed by atoms with van der Waals surface area (Å²) in [6, 6.07) is 6.75. The monoisotopic (exact) mass is 391 g/mol. The van der Waals surface area contributed by atoms with Crippen molar-refractivity contribution < 1.29 is 14.3 Å². The second-order valence-electron chi connectivity index (χ2n) is 6.97. The number of carbonyl (C=O) groups excluding carboxylic acids is 2. The molecule has 1 N–H and O–H groups in total. The van der Waals surface area contributed by atoms with Crippen LogP contribution < -0.4 is 5.32 Å². The van der Waals surface area contributed by atoms with Crippen LogP contribution in [0.2, 0.25) is 5.02 Å². The van der Waals surface area contributed by atoms with E-state index >= 15 is 0 Å². The van der Waals surface area contributed by atoms with Crippen molar-refractivity contribution >= 4 is 39.8 Å². The van der Waals surface area contributed by atoms with Gasteiger partial charge >= 0.3 is 5.97 Å². The van der Waals surface area contributed by atoms with E-state index in [0.29, 0.717) is 27.1 Å². The fourth-order valence-corrected chi connectivity index (χ4v) is 4.72. The summed E-state index contributed by atoms with van der Waals surface area (Å²) in [5.41, 5.74) is 2.00. The lowest BCUT2D eigenvalue weighted by atomic mass is 9.88. The fraction of sp³-hybridized carbons (Fsp3) is 0.400. The van der Waals surface area contributed by atoms with Crippen molar-refractivity contribution in [2.24, 2.45) is 5.92 Å². The molecule has 0 saturated carbocycles. The maximum Gasteiger partial charge on any atom is 0.341 e. The van der Waals surface area contributed by atoms with E-state index in [1.807, 2.05) is 13.8 Å². The normalized spacial score (nSPS) is 16.3. The van der Waals surface area contributed by atoms with E-state index in [1.54, 1.807) is 24.3 Å². The molecule has 1 heterocycles. The number of amides is 1. The number of esters is 1. The van der Waals surface area contributed by atoms with Crippen LogP contribution in [0.4, 0.5) is 5.00 Å². The number of halogens is 1. The first kappa shape index (κ1) is 18.9. The summed E-state index contributed by atoms with van der Waals surface area (Å²) in [7, 11) is 0. The third-order valence-corrected chi connectivity index (χ3v) is 5.78. The summed E-state index contributed by atoms with van der Waals surface area (Å²) < 4.78 is 5.43. The Labute approximate surface area is 162 Å². The molecule has 0 spiro atoms. The predicted octanol–water partition coefficient (Wildman–Crippen LogP) is 5.34. The number of fused-ring (bicyclic) bond motifs is 1. The molecule has 1 aromatic carbocycles. The third-order valence-electron chi connectivity index (χ3n) is 4.37. The van der Waals surface area contributed by atoms with E-state index in [4.69, 9.17) is 16.3 Å². The Morgan fingerprint density at radius 2 is 2.12 bits per heavy atom. The van der Waals surface area contributed by atoms with Gasteiger partial charge in [0.05, 0.1) is 11.7 Å².